The van der Waals surface area contributed by atoms with E-state index in [2.05, 4.69) is 27.7 Å². The first-order valence-corrected chi connectivity index (χ1v) is 7.99. The van der Waals surface area contributed by atoms with Crippen LogP contribution in [0.15, 0.2) is 18.2 Å². The fourth-order valence-corrected chi connectivity index (χ4v) is 2.42. The third-order valence-corrected chi connectivity index (χ3v) is 4.90. The summed E-state index contributed by atoms with van der Waals surface area (Å²) in [6.07, 6.45) is 2.52. The Hall–Kier alpha value is -1.20. The number of methoxy groups -OCH3 is 1. The van der Waals surface area contributed by atoms with E-state index in [1.165, 1.54) is 12.8 Å². The summed E-state index contributed by atoms with van der Waals surface area (Å²) in [6, 6.07) is 5.82. The van der Waals surface area contributed by atoms with Crippen LogP contribution in [0.1, 0.15) is 40.5 Å². The summed E-state index contributed by atoms with van der Waals surface area (Å²) >= 11 is 0. The van der Waals surface area contributed by atoms with Gasteiger partial charge in [0.05, 0.1) is 24.9 Å². The summed E-state index contributed by atoms with van der Waals surface area (Å²) in [5.41, 5.74) is 0.219. The molecule has 0 amide bonds. The zero-order valence-electron chi connectivity index (χ0n) is 14.1. The van der Waals surface area contributed by atoms with Crippen molar-refractivity contribution >= 4 is 12.6 Å². The van der Waals surface area contributed by atoms with Crippen molar-refractivity contribution in [2.24, 2.45) is 5.92 Å². The van der Waals surface area contributed by atoms with Crippen molar-refractivity contribution in [3.63, 3.8) is 0 Å². The number of hydrogen-bond acceptors (Lipinski definition) is 4. The molecular weight excluding hydrogens is 279 g/mol. The second-order valence-corrected chi connectivity index (χ2v) is 7.25. The molecule has 1 heterocycles. The highest BCUT2D eigenvalue weighted by molar-refractivity contribution is 6.63. The molecule has 1 aromatic carbocycles. The van der Waals surface area contributed by atoms with Gasteiger partial charge in [0, 0.05) is 11.5 Å². The van der Waals surface area contributed by atoms with Crippen LogP contribution in [0.25, 0.3) is 0 Å². The van der Waals surface area contributed by atoms with E-state index in [0.29, 0.717) is 5.92 Å². The molecule has 120 valence electrons. The topological polar surface area (TPSA) is 36.9 Å². The minimum atomic E-state index is -0.412. The van der Waals surface area contributed by atoms with Gasteiger partial charge < -0.3 is 18.8 Å². The standard InChI is InChI=1S/C17H25BO4/c1-16(2)17(3,4)22-18(21-16)14-9-8-13(19-5)10-15(14)20-11-12-6-7-12/h8-10,12H,6-7,11H2,1-5H3. The number of rotatable bonds is 5. The molecule has 0 aromatic heterocycles. The Labute approximate surface area is 133 Å². The Balaban J connectivity index is 1.85. The zero-order valence-corrected chi connectivity index (χ0v) is 14.1. The fourth-order valence-electron chi connectivity index (χ4n) is 2.42. The lowest BCUT2D eigenvalue weighted by Gasteiger charge is -2.32. The third-order valence-electron chi connectivity index (χ3n) is 4.90. The van der Waals surface area contributed by atoms with Crippen LogP contribution in [0.3, 0.4) is 0 Å². The van der Waals surface area contributed by atoms with Crippen molar-refractivity contribution in [2.75, 3.05) is 13.7 Å². The van der Waals surface area contributed by atoms with Crippen LogP contribution in [0.2, 0.25) is 0 Å². The molecule has 2 aliphatic rings. The van der Waals surface area contributed by atoms with Crippen molar-refractivity contribution in [3.8, 4) is 11.5 Å². The molecule has 3 rings (SSSR count). The number of ether oxygens (including phenoxy) is 2. The maximum atomic E-state index is 6.14. The molecule has 0 radical (unpaired) electrons. The molecule has 5 heteroatoms. The van der Waals surface area contributed by atoms with Gasteiger partial charge in [0.15, 0.2) is 0 Å². The van der Waals surface area contributed by atoms with E-state index in [-0.39, 0.29) is 11.2 Å². The first-order chi connectivity index (χ1) is 10.3. The molecule has 0 N–H and O–H groups in total. The predicted molar refractivity (Wildman–Crippen MR) is 86.9 cm³/mol. The van der Waals surface area contributed by atoms with Gasteiger partial charge in [-0.3, -0.25) is 0 Å². The highest BCUT2D eigenvalue weighted by Gasteiger charge is 2.52. The smallest absolute Gasteiger partial charge is 0.497 e. The Kier molecular flexibility index (Phi) is 3.90. The van der Waals surface area contributed by atoms with Crippen molar-refractivity contribution in [1.29, 1.82) is 0 Å². The second-order valence-electron chi connectivity index (χ2n) is 7.25. The summed E-state index contributed by atoms with van der Waals surface area (Å²) in [5.74, 6) is 2.27. The van der Waals surface area contributed by atoms with Gasteiger partial charge in [-0.2, -0.15) is 0 Å². The Morgan fingerprint density at radius 1 is 1.14 bits per heavy atom. The number of benzene rings is 1. The molecule has 0 unspecified atom stereocenters. The molecule has 0 bridgehead atoms. The monoisotopic (exact) mass is 304 g/mol. The molecule has 1 saturated heterocycles. The molecule has 2 fully saturated rings. The Bertz CT molecular complexity index is 536. The van der Waals surface area contributed by atoms with E-state index < -0.39 is 7.12 Å². The summed E-state index contributed by atoms with van der Waals surface area (Å²) in [5, 5.41) is 0. The average molecular weight is 304 g/mol. The van der Waals surface area contributed by atoms with E-state index in [9.17, 15) is 0 Å². The second kappa shape index (κ2) is 5.46. The van der Waals surface area contributed by atoms with Crippen LogP contribution >= 0.6 is 0 Å². The van der Waals surface area contributed by atoms with Crippen LogP contribution in [-0.2, 0) is 9.31 Å². The molecule has 22 heavy (non-hydrogen) atoms. The number of hydrogen-bond donors (Lipinski definition) is 0. The Morgan fingerprint density at radius 3 is 2.32 bits per heavy atom. The van der Waals surface area contributed by atoms with E-state index in [1.807, 2.05) is 18.2 Å². The van der Waals surface area contributed by atoms with Gasteiger partial charge in [0.2, 0.25) is 0 Å². The van der Waals surface area contributed by atoms with E-state index in [0.717, 1.165) is 23.6 Å². The zero-order chi connectivity index (χ0) is 16.0. The SMILES string of the molecule is COc1ccc(B2OC(C)(C)C(C)(C)O2)c(OCC2CC2)c1. The van der Waals surface area contributed by atoms with Gasteiger partial charge in [-0.25, -0.2) is 0 Å². The van der Waals surface area contributed by atoms with Crippen molar-refractivity contribution < 1.29 is 18.8 Å². The Morgan fingerprint density at radius 2 is 1.77 bits per heavy atom. The van der Waals surface area contributed by atoms with Gasteiger partial charge in [-0.1, -0.05) is 6.07 Å². The molecular formula is C17H25BO4. The van der Waals surface area contributed by atoms with Crippen molar-refractivity contribution in [2.45, 2.75) is 51.7 Å². The lowest BCUT2D eigenvalue weighted by Crippen LogP contribution is -2.41. The normalized spacial score (nSPS) is 22.7. The van der Waals surface area contributed by atoms with Crippen molar-refractivity contribution in [3.05, 3.63) is 18.2 Å². The van der Waals surface area contributed by atoms with Gasteiger partial charge in [-0.05, 0) is 52.5 Å². The summed E-state index contributed by atoms with van der Waals surface area (Å²) in [6.45, 7) is 8.98. The largest absolute Gasteiger partial charge is 0.498 e. The maximum Gasteiger partial charge on any atom is 0.498 e. The van der Waals surface area contributed by atoms with Crippen LogP contribution in [0.4, 0.5) is 0 Å². The molecule has 0 spiro atoms. The van der Waals surface area contributed by atoms with Gasteiger partial charge >= 0.3 is 7.12 Å². The molecule has 1 saturated carbocycles. The highest BCUT2D eigenvalue weighted by atomic mass is 16.7. The molecule has 1 aliphatic heterocycles. The van der Waals surface area contributed by atoms with E-state index >= 15 is 0 Å². The van der Waals surface area contributed by atoms with Crippen LogP contribution in [0, 0.1) is 5.92 Å². The molecule has 4 nitrogen and oxygen atoms in total. The van der Waals surface area contributed by atoms with Crippen LogP contribution in [-0.4, -0.2) is 32.0 Å². The highest BCUT2D eigenvalue weighted by Crippen LogP contribution is 2.37. The predicted octanol–water partition coefficient (Wildman–Crippen LogP) is 2.78. The summed E-state index contributed by atoms with van der Waals surface area (Å²) in [7, 11) is 1.25. The summed E-state index contributed by atoms with van der Waals surface area (Å²) in [4.78, 5) is 0. The minimum absolute atomic E-state index is 0.356. The van der Waals surface area contributed by atoms with E-state index in [1.54, 1.807) is 7.11 Å². The molecule has 1 aromatic rings. The quantitative estimate of drug-likeness (QED) is 0.784. The van der Waals surface area contributed by atoms with Crippen LogP contribution in [0.5, 0.6) is 11.5 Å². The first kappa shape index (κ1) is 15.7. The van der Waals surface area contributed by atoms with Gasteiger partial charge in [0.25, 0.3) is 0 Å². The molecule has 1 aliphatic carbocycles. The van der Waals surface area contributed by atoms with Gasteiger partial charge in [0.1, 0.15) is 11.5 Å². The lowest BCUT2D eigenvalue weighted by molar-refractivity contribution is 0.00578. The van der Waals surface area contributed by atoms with E-state index in [4.69, 9.17) is 18.8 Å². The van der Waals surface area contributed by atoms with Gasteiger partial charge in [-0.15, -0.1) is 0 Å². The van der Waals surface area contributed by atoms with Crippen LogP contribution < -0.4 is 14.9 Å². The first-order valence-electron chi connectivity index (χ1n) is 7.99. The lowest BCUT2D eigenvalue weighted by atomic mass is 9.78. The maximum absolute atomic E-state index is 6.14. The average Bonchev–Trinajstić information content (AvgIpc) is 3.24. The fraction of sp³-hybridized carbons (Fsp3) is 0.647. The van der Waals surface area contributed by atoms with Crippen molar-refractivity contribution in [1.82, 2.24) is 0 Å². The summed E-state index contributed by atoms with van der Waals surface area (Å²) < 4.78 is 23.6. The third kappa shape index (κ3) is 2.97. The minimum Gasteiger partial charge on any atom is -0.497 e. The molecule has 0 atom stereocenters.